The first kappa shape index (κ1) is 22.0. The number of rotatable bonds is 4. The fourth-order valence-electron chi connectivity index (χ4n) is 3.50. The number of phenolic OH excluding ortho intramolecular Hbond substituents is 1. The molecule has 3 aromatic carbocycles. The van der Waals surface area contributed by atoms with E-state index in [9.17, 15) is 20.0 Å². The number of non-ortho nitro benzene ring substituents is 1. The molecular weight excluding hydrogens is 544 g/mol. The number of hydrazone groups is 1. The van der Waals surface area contributed by atoms with Gasteiger partial charge >= 0.3 is 0 Å². The standard InChI is InChI=1S/C22H16Br2N4O4/c1-22(14-5-4-6-16(10-14)28(31)32)26-19-8-3-2-7-17(19)21(30)27(22)25-12-13-9-15(23)11-18(24)20(13)29/h2-12,26,29H,1H3/b25-12+/t22-/m1/s1. The number of anilines is 1. The molecule has 1 aliphatic rings. The summed E-state index contributed by atoms with van der Waals surface area (Å²) in [5, 5.41) is 30.6. The summed E-state index contributed by atoms with van der Waals surface area (Å²) in [4.78, 5) is 24.3. The van der Waals surface area contributed by atoms with Crippen molar-refractivity contribution < 1.29 is 14.8 Å². The zero-order valence-electron chi connectivity index (χ0n) is 16.6. The minimum absolute atomic E-state index is 0.0354. The first-order chi connectivity index (χ1) is 15.2. The second-order valence-corrected chi connectivity index (χ2v) is 9.01. The summed E-state index contributed by atoms with van der Waals surface area (Å²) in [6.07, 6.45) is 1.37. The second kappa shape index (κ2) is 8.36. The molecule has 1 atom stereocenters. The lowest BCUT2D eigenvalue weighted by atomic mass is 9.95. The molecule has 10 heteroatoms. The molecule has 2 N–H and O–H groups in total. The molecular formula is C22H16Br2N4O4. The molecule has 0 radical (unpaired) electrons. The maximum Gasteiger partial charge on any atom is 0.278 e. The molecule has 0 aromatic heterocycles. The predicted molar refractivity (Wildman–Crippen MR) is 128 cm³/mol. The summed E-state index contributed by atoms with van der Waals surface area (Å²) in [6.45, 7) is 1.72. The van der Waals surface area contributed by atoms with Crippen LogP contribution in [0.25, 0.3) is 0 Å². The number of hydrogen-bond acceptors (Lipinski definition) is 6. The van der Waals surface area contributed by atoms with Crippen molar-refractivity contribution in [1.82, 2.24) is 5.01 Å². The number of halogens is 2. The number of benzene rings is 3. The van der Waals surface area contributed by atoms with Crippen LogP contribution in [0.1, 0.15) is 28.4 Å². The Kier molecular flexibility index (Phi) is 5.74. The molecule has 8 nitrogen and oxygen atoms in total. The summed E-state index contributed by atoms with van der Waals surface area (Å²) in [5.74, 6) is -0.426. The van der Waals surface area contributed by atoms with E-state index in [0.717, 1.165) is 0 Å². The van der Waals surface area contributed by atoms with Gasteiger partial charge in [0.1, 0.15) is 5.75 Å². The zero-order valence-corrected chi connectivity index (χ0v) is 19.8. The predicted octanol–water partition coefficient (Wildman–Crippen LogP) is 5.60. The second-order valence-electron chi connectivity index (χ2n) is 7.24. The van der Waals surface area contributed by atoms with Gasteiger partial charge in [-0.2, -0.15) is 10.1 Å². The Bertz CT molecular complexity index is 1280. The van der Waals surface area contributed by atoms with Gasteiger partial charge in [-0.25, -0.2) is 0 Å². The van der Waals surface area contributed by atoms with E-state index in [1.165, 1.54) is 23.4 Å². The van der Waals surface area contributed by atoms with Gasteiger partial charge in [-0.3, -0.25) is 14.9 Å². The molecule has 0 unspecified atom stereocenters. The van der Waals surface area contributed by atoms with Crippen molar-refractivity contribution in [2.75, 3.05) is 5.32 Å². The van der Waals surface area contributed by atoms with E-state index < -0.39 is 16.5 Å². The van der Waals surface area contributed by atoms with Gasteiger partial charge in [0.2, 0.25) is 0 Å². The van der Waals surface area contributed by atoms with Gasteiger partial charge in [-0.15, -0.1) is 0 Å². The molecule has 1 aliphatic heterocycles. The van der Waals surface area contributed by atoms with Gasteiger partial charge in [-0.05, 0) is 47.1 Å². The zero-order chi connectivity index (χ0) is 23.0. The van der Waals surface area contributed by atoms with E-state index in [0.29, 0.717) is 31.3 Å². The Morgan fingerprint density at radius 1 is 1.16 bits per heavy atom. The van der Waals surface area contributed by atoms with Crippen LogP contribution in [0.2, 0.25) is 0 Å². The lowest BCUT2D eigenvalue weighted by molar-refractivity contribution is -0.385. The van der Waals surface area contributed by atoms with Crippen LogP contribution in [0.5, 0.6) is 5.75 Å². The summed E-state index contributed by atoms with van der Waals surface area (Å²) in [5.41, 5.74) is 0.519. The first-order valence-electron chi connectivity index (χ1n) is 9.39. The van der Waals surface area contributed by atoms with E-state index in [1.807, 2.05) is 0 Å². The molecule has 0 saturated carbocycles. The van der Waals surface area contributed by atoms with E-state index in [4.69, 9.17) is 0 Å². The van der Waals surface area contributed by atoms with Gasteiger partial charge in [0.25, 0.3) is 11.6 Å². The van der Waals surface area contributed by atoms with Gasteiger partial charge < -0.3 is 10.4 Å². The molecule has 0 aliphatic carbocycles. The number of nitrogens with one attached hydrogen (secondary N) is 1. The van der Waals surface area contributed by atoms with Crippen LogP contribution in [0.3, 0.4) is 0 Å². The quantitative estimate of drug-likeness (QED) is 0.246. The minimum Gasteiger partial charge on any atom is -0.506 e. The van der Waals surface area contributed by atoms with Gasteiger partial charge in [0.05, 0.1) is 21.2 Å². The summed E-state index contributed by atoms with van der Waals surface area (Å²) >= 11 is 6.65. The Morgan fingerprint density at radius 3 is 2.66 bits per heavy atom. The smallest absolute Gasteiger partial charge is 0.278 e. The molecule has 0 saturated heterocycles. The van der Waals surface area contributed by atoms with Crippen LogP contribution in [-0.4, -0.2) is 27.2 Å². The highest BCUT2D eigenvalue weighted by molar-refractivity contribution is 9.11. The lowest BCUT2D eigenvalue weighted by Gasteiger charge is -2.43. The highest BCUT2D eigenvalue weighted by Gasteiger charge is 2.43. The Balaban J connectivity index is 1.86. The third kappa shape index (κ3) is 3.87. The Morgan fingerprint density at radius 2 is 1.91 bits per heavy atom. The topological polar surface area (TPSA) is 108 Å². The van der Waals surface area contributed by atoms with Crippen LogP contribution in [0.4, 0.5) is 11.4 Å². The number of carbonyl (C=O) groups excluding carboxylic acids is 1. The summed E-state index contributed by atoms with van der Waals surface area (Å²) in [7, 11) is 0. The third-order valence-corrected chi connectivity index (χ3v) is 6.20. The monoisotopic (exact) mass is 558 g/mol. The number of amides is 1. The molecule has 1 heterocycles. The van der Waals surface area contributed by atoms with Gasteiger partial charge in [0.15, 0.2) is 5.66 Å². The highest BCUT2D eigenvalue weighted by Crippen LogP contribution is 2.39. The van der Waals surface area contributed by atoms with E-state index in [2.05, 4.69) is 42.3 Å². The van der Waals surface area contributed by atoms with Crippen molar-refractivity contribution in [2.45, 2.75) is 12.6 Å². The number of fused-ring (bicyclic) bond motifs is 1. The minimum atomic E-state index is -1.23. The van der Waals surface area contributed by atoms with Crippen molar-refractivity contribution in [3.8, 4) is 5.75 Å². The van der Waals surface area contributed by atoms with Crippen LogP contribution < -0.4 is 5.32 Å². The van der Waals surface area contributed by atoms with E-state index in [-0.39, 0.29) is 11.4 Å². The molecule has 162 valence electrons. The number of nitro benzene ring substituents is 1. The molecule has 4 rings (SSSR count). The number of phenols is 1. The fourth-order valence-corrected chi connectivity index (χ4v) is 4.76. The number of nitro groups is 1. The van der Waals surface area contributed by atoms with Crippen LogP contribution in [0, 0.1) is 10.1 Å². The maximum absolute atomic E-state index is 13.4. The molecule has 0 bridgehead atoms. The third-order valence-electron chi connectivity index (χ3n) is 5.14. The highest BCUT2D eigenvalue weighted by atomic mass is 79.9. The average molecular weight is 560 g/mol. The number of aromatic hydroxyl groups is 1. The molecule has 3 aromatic rings. The SMILES string of the molecule is C[C@@]1(c2cccc([N+](=O)[O-])c2)Nc2ccccc2C(=O)N1/N=C/c1cc(Br)cc(Br)c1O. The van der Waals surface area contributed by atoms with Crippen molar-refractivity contribution in [3.05, 3.63) is 96.4 Å². The van der Waals surface area contributed by atoms with Crippen molar-refractivity contribution in [3.63, 3.8) is 0 Å². The summed E-state index contributed by atoms with van der Waals surface area (Å²) < 4.78 is 1.17. The van der Waals surface area contributed by atoms with E-state index >= 15 is 0 Å². The van der Waals surface area contributed by atoms with Crippen LogP contribution in [0.15, 0.2) is 74.7 Å². The van der Waals surface area contributed by atoms with Crippen LogP contribution >= 0.6 is 31.9 Å². The normalized spacial score (nSPS) is 17.8. The lowest BCUT2D eigenvalue weighted by Crippen LogP contribution is -2.53. The summed E-state index contributed by atoms with van der Waals surface area (Å²) in [6, 6.07) is 16.4. The number of nitrogens with zero attached hydrogens (tertiary/aromatic N) is 3. The molecule has 0 fully saturated rings. The van der Waals surface area contributed by atoms with E-state index in [1.54, 1.807) is 55.5 Å². The van der Waals surface area contributed by atoms with Crippen molar-refractivity contribution >= 4 is 55.4 Å². The largest absolute Gasteiger partial charge is 0.506 e. The molecule has 32 heavy (non-hydrogen) atoms. The molecule has 0 spiro atoms. The number of hydrogen-bond donors (Lipinski definition) is 2. The fraction of sp³-hybridized carbons (Fsp3) is 0.0909. The average Bonchev–Trinajstić information content (AvgIpc) is 2.76. The van der Waals surface area contributed by atoms with Crippen LogP contribution in [-0.2, 0) is 5.66 Å². The Labute approximate surface area is 200 Å². The van der Waals surface area contributed by atoms with Crippen molar-refractivity contribution in [2.24, 2.45) is 5.10 Å². The van der Waals surface area contributed by atoms with Gasteiger partial charge in [0, 0.05) is 33.4 Å². The van der Waals surface area contributed by atoms with Crippen molar-refractivity contribution in [1.29, 1.82) is 0 Å². The number of para-hydroxylation sites is 1. The maximum atomic E-state index is 13.4. The first-order valence-corrected chi connectivity index (χ1v) is 11.0. The Hall–Kier alpha value is -3.24. The number of carbonyl (C=O) groups is 1. The molecule has 1 amide bonds. The van der Waals surface area contributed by atoms with Gasteiger partial charge in [-0.1, -0.05) is 40.2 Å².